The number of hydrogen-bond acceptors (Lipinski definition) is 3. The van der Waals surface area contributed by atoms with Gasteiger partial charge >= 0.3 is 5.69 Å². The van der Waals surface area contributed by atoms with Crippen molar-refractivity contribution in [3.63, 3.8) is 0 Å². The fraction of sp³-hybridized carbons (Fsp3) is 0.429. The third-order valence-electron chi connectivity index (χ3n) is 3.88. The number of benzene rings is 1. The minimum absolute atomic E-state index is 0.131. The number of rotatable bonds is 2. The number of nitrogens with zero attached hydrogens (tertiary/aromatic N) is 2. The van der Waals surface area contributed by atoms with Crippen LogP contribution < -0.4 is 16.6 Å². The van der Waals surface area contributed by atoms with Crippen LogP contribution in [0.3, 0.4) is 0 Å². The van der Waals surface area contributed by atoms with Gasteiger partial charge in [0.05, 0.1) is 10.9 Å². The summed E-state index contributed by atoms with van der Waals surface area (Å²) in [5, 5.41) is 3.50. The van der Waals surface area contributed by atoms with Crippen molar-refractivity contribution in [2.45, 2.75) is 25.4 Å². The maximum Gasteiger partial charge on any atom is 0.331 e. The summed E-state index contributed by atoms with van der Waals surface area (Å²) in [6, 6.07) is 4.04. The van der Waals surface area contributed by atoms with E-state index in [1.165, 1.54) is 27.3 Å². The predicted molar refractivity (Wildman–Crippen MR) is 74.4 cm³/mol. The molecule has 0 spiro atoms. The first-order valence-electron chi connectivity index (χ1n) is 6.70. The summed E-state index contributed by atoms with van der Waals surface area (Å²) in [5.41, 5.74) is -0.323. The van der Waals surface area contributed by atoms with E-state index in [-0.39, 0.29) is 17.1 Å². The first-order chi connectivity index (χ1) is 9.58. The summed E-state index contributed by atoms with van der Waals surface area (Å²) in [6.07, 6.45) is 1.98. The van der Waals surface area contributed by atoms with E-state index in [0.717, 1.165) is 19.4 Å². The van der Waals surface area contributed by atoms with E-state index in [2.05, 4.69) is 5.32 Å². The van der Waals surface area contributed by atoms with E-state index in [1.54, 1.807) is 7.05 Å². The highest BCUT2D eigenvalue weighted by molar-refractivity contribution is 5.77. The molecule has 0 amide bonds. The van der Waals surface area contributed by atoms with Gasteiger partial charge in [0.1, 0.15) is 5.82 Å². The Bertz CT molecular complexity index is 772. The Morgan fingerprint density at radius 1 is 1.40 bits per heavy atom. The monoisotopic (exact) mass is 277 g/mol. The van der Waals surface area contributed by atoms with Gasteiger partial charge in [0, 0.05) is 19.6 Å². The summed E-state index contributed by atoms with van der Waals surface area (Å²) in [5.74, 6) is -0.473. The van der Waals surface area contributed by atoms with Crippen LogP contribution in [-0.4, -0.2) is 21.7 Å². The molecule has 106 valence electrons. The standard InChI is InChI=1S/C14H16FN3O2/c1-17-12-5-4-9(15)7-11(12)13(19)18(14(17)20)8-10-3-2-6-16-10/h4-5,7,10,16H,2-3,6,8H2,1H3. The molecule has 5 nitrogen and oxygen atoms in total. The molecule has 0 aliphatic carbocycles. The van der Waals surface area contributed by atoms with Crippen LogP contribution >= 0.6 is 0 Å². The first kappa shape index (κ1) is 13.1. The lowest BCUT2D eigenvalue weighted by atomic mass is 10.2. The van der Waals surface area contributed by atoms with Crippen molar-refractivity contribution in [3.8, 4) is 0 Å². The Balaban J connectivity index is 2.21. The van der Waals surface area contributed by atoms with Crippen molar-refractivity contribution in [2.24, 2.45) is 7.05 Å². The van der Waals surface area contributed by atoms with Gasteiger partial charge in [0.15, 0.2) is 0 Å². The van der Waals surface area contributed by atoms with Gasteiger partial charge in [-0.25, -0.2) is 9.18 Å². The van der Waals surface area contributed by atoms with Crippen LogP contribution in [0.2, 0.25) is 0 Å². The predicted octanol–water partition coefficient (Wildman–Crippen LogP) is 0.591. The molecular weight excluding hydrogens is 261 g/mol. The molecule has 1 N–H and O–H groups in total. The van der Waals surface area contributed by atoms with Crippen molar-refractivity contribution >= 4 is 10.9 Å². The Morgan fingerprint density at radius 2 is 2.20 bits per heavy atom. The van der Waals surface area contributed by atoms with Gasteiger partial charge in [-0.3, -0.25) is 13.9 Å². The molecule has 1 aromatic heterocycles. The van der Waals surface area contributed by atoms with Gasteiger partial charge < -0.3 is 5.32 Å². The third-order valence-corrected chi connectivity index (χ3v) is 3.88. The second-order valence-electron chi connectivity index (χ2n) is 5.21. The first-order valence-corrected chi connectivity index (χ1v) is 6.70. The molecule has 0 saturated carbocycles. The summed E-state index contributed by atoms with van der Waals surface area (Å²) >= 11 is 0. The van der Waals surface area contributed by atoms with Crippen LogP contribution in [-0.2, 0) is 13.6 Å². The molecule has 3 rings (SSSR count). The van der Waals surface area contributed by atoms with E-state index in [4.69, 9.17) is 0 Å². The third kappa shape index (κ3) is 2.06. The molecule has 1 aromatic carbocycles. The minimum Gasteiger partial charge on any atom is -0.312 e. The Labute approximate surface area is 114 Å². The van der Waals surface area contributed by atoms with E-state index < -0.39 is 11.4 Å². The number of aryl methyl sites for hydroxylation is 1. The molecular formula is C14H16FN3O2. The van der Waals surface area contributed by atoms with Gasteiger partial charge in [0.2, 0.25) is 0 Å². The molecule has 20 heavy (non-hydrogen) atoms. The molecule has 1 aliphatic rings. The van der Waals surface area contributed by atoms with Crippen LogP contribution in [0.1, 0.15) is 12.8 Å². The van der Waals surface area contributed by atoms with Crippen LogP contribution in [0, 0.1) is 5.82 Å². The summed E-state index contributed by atoms with van der Waals surface area (Å²) in [7, 11) is 1.60. The zero-order chi connectivity index (χ0) is 14.3. The summed E-state index contributed by atoms with van der Waals surface area (Å²) in [4.78, 5) is 24.7. The van der Waals surface area contributed by atoms with E-state index >= 15 is 0 Å². The van der Waals surface area contributed by atoms with Crippen LogP contribution in [0.15, 0.2) is 27.8 Å². The van der Waals surface area contributed by atoms with Gasteiger partial charge in [-0.1, -0.05) is 0 Å². The maximum absolute atomic E-state index is 13.3. The number of fused-ring (bicyclic) bond motifs is 1. The Morgan fingerprint density at radius 3 is 2.90 bits per heavy atom. The second kappa shape index (κ2) is 4.86. The Hall–Kier alpha value is -1.95. The van der Waals surface area contributed by atoms with Crippen LogP contribution in [0.4, 0.5) is 4.39 Å². The highest BCUT2D eigenvalue weighted by atomic mass is 19.1. The van der Waals surface area contributed by atoms with Crippen molar-refractivity contribution in [2.75, 3.05) is 6.54 Å². The molecule has 1 aliphatic heterocycles. The van der Waals surface area contributed by atoms with Crippen LogP contribution in [0.25, 0.3) is 10.9 Å². The summed E-state index contributed by atoms with van der Waals surface area (Å²) in [6.45, 7) is 1.24. The average molecular weight is 277 g/mol. The molecule has 1 fully saturated rings. The minimum atomic E-state index is -0.473. The topological polar surface area (TPSA) is 56.0 Å². The van der Waals surface area contributed by atoms with Crippen molar-refractivity contribution in [1.29, 1.82) is 0 Å². The fourth-order valence-corrected chi connectivity index (χ4v) is 2.78. The molecule has 1 saturated heterocycles. The smallest absolute Gasteiger partial charge is 0.312 e. The van der Waals surface area contributed by atoms with Gasteiger partial charge in [-0.2, -0.15) is 0 Å². The SMILES string of the molecule is Cn1c(=O)n(CC2CCCN2)c(=O)c2cc(F)ccc21. The van der Waals surface area contributed by atoms with E-state index in [0.29, 0.717) is 12.1 Å². The fourth-order valence-electron chi connectivity index (χ4n) is 2.78. The zero-order valence-corrected chi connectivity index (χ0v) is 11.2. The second-order valence-corrected chi connectivity index (χ2v) is 5.21. The van der Waals surface area contributed by atoms with Crippen LogP contribution in [0.5, 0.6) is 0 Å². The molecule has 0 radical (unpaired) electrons. The number of nitrogens with one attached hydrogen (secondary N) is 1. The van der Waals surface area contributed by atoms with E-state index in [9.17, 15) is 14.0 Å². The normalized spacial score (nSPS) is 18.8. The lowest BCUT2D eigenvalue weighted by molar-refractivity contribution is 0.478. The van der Waals surface area contributed by atoms with Crippen molar-refractivity contribution < 1.29 is 4.39 Å². The lowest BCUT2D eigenvalue weighted by Gasteiger charge is -2.14. The van der Waals surface area contributed by atoms with Gasteiger partial charge in [0.25, 0.3) is 5.56 Å². The molecule has 2 aromatic rings. The zero-order valence-electron chi connectivity index (χ0n) is 11.2. The maximum atomic E-state index is 13.3. The lowest BCUT2D eigenvalue weighted by Crippen LogP contribution is -2.43. The van der Waals surface area contributed by atoms with Crippen molar-refractivity contribution in [1.82, 2.24) is 14.5 Å². The van der Waals surface area contributed by atoms with Crippen molar-refractivity contribution in [3.05, 3.63) is 44.9 Å². The Kier molecular flexibility index (Phi) is 3.17. The number of halogens is 1. The quantitative estimate of drug-likeness (QED) is 0.874. The molecule has 2 heterocycles. The summed E-state index contributed by atoms with van der Waals surface area (Å²) < 4.78 is 15.9. The largest absolute Gasteiger partial charge is 0.331 e. The average Bonchev–Trinajstić information content (AvgIpc) is 2.94. The number of aromatic nitrogens is 2. The molecule has 6 heteroatoms. The highest BCUT2D eigenvalue weighted by Crippen LogP contribution is 2.10. The van der Waals surface area contributed by atoms with Gasteiger partial charge in [-0.05, 0) is 37.6 Å². The molecule has 1 atom stereocenters. The molecule has 0 bridgehead atoms. The highest BCUT2D eigenvalue weighted by Gasteiger charge is 2.18. The van der Waals surface area contributed by atoms with Gasteiger partial charge in [-0.15, -0.1) is 0 Å². The number of hydrogen-bond donors (Lipinski definition) is 1. The van der Waals surface area contributed by atoms with E-state index in [1.807, 2.05) is 0 Å². The molecule has 1 unspecified atom stereocenters.